The van der Waals surface area contributed by atoms with E-state index in [1.807, 2.05) is 61.3 Å². The Bertz CT molecular complexity index is 1040. The van der Waals surface area contributed by atoms with Crippen LogP contribution < -0.4 is 10.1 Å². The number of benzene rings is 1. The van der Waals surface area contributed by atoms with Crippen molar-refractivity contribution in [2.45, 2.75) is 25.7 Å². The van der Waals surface area contributed by atoms with E-state index in [-0.39, 0.29) is 11.8 Å². The highest BCUT2D eigenvalue weighted by Crippen LogP contribution is 2.30. The summed E-state index contributed by atoms with van der Waals surface area (Å²) in [6.07, 6.45) is 5.40. The minimum Gasteiger partial charge on any atom is -0.493 e. The average Bonchev–Trinajstić information content (AvgIpc) is 2.84. The van der Waals surface area contributed by atoms with Crippen molar-refractivity contribution in [2.24, 2.45) is 0 Å². The summed E-state index contributed by atoms with van der Waals surface area (Å²) in [6.45, 7) is 3.80. The first kappa shape index (κ1) is 20.8. The third kappa shape index (κ3) is 4.66. The molecule has 1 atom stereocenters. The third-order valence-electron chi connectivity index (χ3n) is 5.47. The molecule has 0 bridgehead atoms. The van der Waals surface area contributed by atoms with E-state index in [0.29, 0.717) is 30.3 Å². The summed E-state index contributed by atoms with van der Waals surface area (Å²) in [7, 11) is 1.85. The molecule has 1 amide bonds. The van der Waals surface area contributed by atoms with Gasteiger partial charge in [0, 0.05) is 50.1 Å². The number of rotatable bonds is 6. The molecule has 1 aromatic carbocycles. The van der Waals surface area contributed by atoms with Gasteiger partial charge in [-0.2, -0.15) is 0 Å². The molecular formula is C24H27N5O2. The van der Waals surface area contributed by atoms with E-state index in [1.54, 1.807) is 12.4 Å². The van der Waals surface area contributed by atoms with Crippen LogP contribution in [0.25, 0.3) is 11.4 Å². The second-order valence-corrected chi connectivity index (χ2v) is 7.51. The quantitative estimate of drug-likeness (QED) is 0.653. The van der Waals surface area contributed by atoms with Crippen molar-refractivity contribution in [1.29, 1.82) is 0 Å². The summed E-state index contributed by atoms with van der Waals surface area (Å²) in [5.41, 5.74) is 2.42. The monoisotopic (exact) mass is 417 g/mol. The van der Waals surface area contributed by atoms with E-state index in [9.17, 15) is 4.79 Å². The molecule has 7 nitrogen and oxygen atoms in total. The number of carbonyl (C=O) groups excluding carboxylic acids is 1. The number of carbonyl (C=O) groups is 1. The number of likely N-dealkylation sites (tertiary alicyclic amines) is 1. The molecule has 0 radical (unpaired) electrons. The van der Waals surface area contributed by atoms with Gasteiger partial charge < -0.3 is 15.0 Å². The maximum atomic E-state index is 13.3. The molecule has 2 aromatic heterocycles. The fraction of sp³-hybridized carbons (Fsp3) is 0.333. The Morgan fingerprint density at radius 2 is 2.10 bits per heavy atom. The molecule has 0 saturated carbocycles. The summed E-state index contributed by atoms with van der Waals surface area (Å²) in [5, 5.41) is 3.13. The van der Waals surface area contributed by atoms with E-state index in [0.717, 1.165) is 36.5 Å². The van der Waals surface area contributed by atoms with Crippen LogP contribution in [0.2, 0.25) is 0 Å². The Kier molecular flexibility index (Phi) is 6.40. The molecule has 160 valence electrons. The second kappa shape index (κ2) is 9.55. The first-order chi connectivity index (χ1) is 15.2. The van der Waals surface area contributed by atoms with E-state index >= 15 is 0 Å². The number of pyridine rings is 1. The number of ether oxygens (including phenoxy) is 1. The molecule has 1 aliphatic rings. The lowest BCUT2D eigenvalue weighted by atomic mass is 9.93. The minimum atomic E-state index is 0.00382. The van der Waals surface area contributed by atoms with Crippen LogP contribution >= 0.6 is 0 Å². The zero-order chi connectivity index (χ0) is 21.6. The van der Waals surface area contributed by atoms with Crippen LogP contribution in [-0.2, 0) is 0 Å². The Balaban J connectivity index is 1.60. The Morgan fingerprint density at radius 1 is 1.23 bits per heavy atom. The smallest absolute Gasteiger partial charge is 0.257 e. The lowest BCUT2D eigenvalue weighted by Crippen LogP contribution is -2.39. The number of nitrogens with zero attached hydrogens (tertiary/aromatic N) is 4. The molecule has 3 aromatic rings. The molecule has 31 heavy (non-hydrogen) atoms. The van der Waals surface area contributed by atoms with Gasteiger partial charge in [-0.15, -0.1) is 0 Å². The number of amides is 1. The minimum absolute atomic E-state index is 0.00382. The highest BCUT2D eigenvalue weighted by molar-refractivity contribution is 5.97. The van der Waals surface area contributed by atoms with Crippen molar-refractivity contribution in [3.05, 3.63) is 66.1 Å². The predicted octanol–water partition coefficient (Wildman–Crippen LogP) is 4.00. The zero-order valence-electron chi connectivity index (χ0n) is 17.9. The van der Waals surface area contributed by atoms with Crippen LogP contribution in [-0.4, -0.2) is 52.5 Å². The third-order valence-corrected chi connectivity index (χ3v) is 5.47. The maximum Gasteiger partial charge on any atom is 0.257 e. The Hall–Kier alpha value is -3.48. The van der Waals surface area contributed by atoms with Gasteiger partial charge in [-0.1, -0.05) is 12.1 Å². The molecule has 7 heteroatoms. The van der Waals surface area contributed by atoms with E-state index in [1.165, 1.54) is 0 Å². The van der Waals surface area contributed by atoms with Gasteiger partial charge in [-0.05, 0) is 44.0 Å². The van der Waals surface area contributed by atoms with Gasteiger partial charge >= 0.3 is 0 Å². The largest absolute Gasteiger partial charge is 0.493 e. The highest BCUT2D eigenvalue weighted by Gasteiger charge is 2.28. The number of nitrogens with one attached hydrogen (secondary N) is 1. The molecule has 0 spiro atoms. The molecule has 4 rings (SSSR count). The van der Waals surface area contributed by atoms with Gasteiger partial charge in [0.2, 0.25) is 0 Å². The lowest BCUT2D eigenvalue weighted by molar-refractivity contribution is 0.0702. The van der Waals surface area contributed by atoms with Gasteiger partial charge in [-0.3, -0.25) is 9.78 Å². The van der Waals surface area contributed by atoms with Gasteiger partial charge in [0.15, 0.2) is 5.82 Å². The molecular weight excluding hydrogens is 390 g/mol. The van der Waals surface area contributed by atoms with Crippen LogP contribution in [0.15, 0.2) is 54.9 Å². The van der Waals surface area contributed by atoms with Crippen molar-refractivity contribution < 1.29 is 9.53 Å². The molecule has 1 unspecified atom stereocenters. The fourth-order valence-corrected chi connectivity index (χ4v) is 3.93. The first-order valence-corrected chi connectivity index (χ1v) is 10.7. The summed E-state index contributed by atoms with van der Waals surface area (Å²) in [5.74, 6) is 2.18. The number of hydrogen-bond acceptors (Lipinski definition) is 6. The molecule has 1 aliphatic heterocycles. The number of hydrogen-bond donors (Lipinski definition) is 1. The highest BCUT2D eigenvalue weighted by atomic mass is 16.5. The van der Waals surface area contributed by atoms with Gasteiger partial charge in [0.05, 0.1) is 17.9 Å². The second-order valence-electron chi connectivity index (χ2n) is 7.51. The molecule has 3 heterocycles. The number of para-hydroxylation sites is 1. The number of aromatic nitrogens is 3. The SMILES string of the molecule is CCOc1ccccc1C(=O)N1CCCC(c2cc(NC)nc(-c3cccnc3)n2)C1. The average molecular weight is 418 g/mol. The molecule has 1 saturated heterocycles. The van der Waals surface area contributed by atoms with Crippen LogP contribution in [0.1, 0.15) is 41.7 Å². The summed E-state index contributed by atoms with van der Waals surface area (Å²) in [6, 6.07) is 13.3. The lowest BCUT2D eigenvalue weighted by Gasteiger charge is -2.33. The summed E-state index contributed by atoms with van der Waals surface area (Å²) >= 11 is 0. The van der Waals surface area contributed by atoms with E-state index in [2.05, 4.69) is 15.3 Å². The van der Waals surface area contributed by atoms with Crippen LogP contribution in [0, 0.1) is 0 Å². The predicted molar refractivity (Wildman–Crippen MR) is 120 cm³/mol. The van der Waals surface area contributed by atoms with Gasteiger partial charge in [0.1, 0.15) is 11.6 Å². The normalized spacial score (nSPS) is 16.1. The number of piperidine rings is 1. The standard InChI is InChI=1S/C24H27N5O2/c1-3-31-21-11-5-4-10-19(21)24(30)29-13-7-9-18(16-29)20-14-22(25-2)28-23(27-20)17-8-6-12-26-15-17/h4-6,8,10-12,14-15,18H,3,7,9,13,16H2,1-2H3,(H,25,27,28). The van der Waals surface area contributed by atoms with Crippen LogP contribution in [0.4, 0.5) is 5.82 Å². The van der Waals surface area contributed by atoms with Crippen molar-refractivity contribution in [3.8, 4) is 17.1 Å². The van der Waals surface area contributed by atoms with Crippen LogP contribution in [0.3, 0.4) is 0 Å². The van der Waals surface area contributed by atoms with Crippen molar-refractivity contribution in [2.75, 3.05) is 32.1 Å². The number of anilines is 1. The Morgan fingerprint density at radius 3 is 2.87 bits per heavy atom. The van der Waals surface area contributed by atoms with Gasteiger partial charge in [-0.25, -0.2) is 9.97 Å². The van der Waals surface area contributed by atoms with Gasteiger partial charge in [0.25, 0.3) is 5.91 Å². The van der Waals surface area contributed by atoms with Crippen molar-refractivity contribution in [1.82, 2.24) is 19.9 Å². The Labute approximate surface area is 182 Å². The van der Waals surface area contributed by atoms with E-state index in [4.69, 9.17) is 9.72 Å². The molecule has 0 aliphatic carbocycles. The first-order valence-electron chi connectivity index (χ1n) is 10.7. The fourth-order valence-electron chi connectivity index (χ4n) is 3.93. The maximum absolute atomic E-state index is 13.3. The zero-order valence-corrected chi connectivity index (χ0v) is 17.9. The van der Waals surface area contributed by atoms with E-state index < -0.39 is 0 Å². The van der Waals surface area contributed by atoms with Crippen molar-refractivity contribution >= 4 is 11.7 Å². The molecule has 1 fully saturated rings. The van der Waals surface area contributed by atoms with Crippen LogP contribution in [0.5, 0.6) is 5.75 Å². The summed E-state index contributed by atoms with van der Waals surface area (Å²) < 4.78 is 5.67. The summed E-state index contributed by atoms with van der Waals surface area (Å²) in [4.78, 5) is 28.8. The molecule has 1 N–H and O–H groups in total. The topological polar surface area (TPSA) is 80.2 Å². The van der Waals surface area contributed by atoms with Crippen molar-refractivity contribution in [3.63, 3.8) is 0 Å².